The normalized spacial score (nSPS) is 11.4. The fourth-order valence-corrected chi connectivity index (χ4v) is 5.74. The minimum Gasteiger partial charge on any atom is -0.300 e. The summed E-state index contributed by atoms with van der Waals surface area (Å²) in [5.74, 6) is -1.92. The van der Waals surface area contributed by atoms with E-state index in [4.69, 9.17) is 16.5 Å². The molecule has 222 valence electrons. The van der Waals surface area contributed by atoms with Crippen LogP contribution in [0.25, 0.3) is 16.1 Å². The van der Waals surface area contributed by atoms with Crippen molar-refractivity contribution in [1.29, 1.82) is 0 Å². The van der Waals surface area contributed by atoms with E-state index in [-0.39, 0.29) is 32.3 Å². The van der Waals surface area contributed by atoms with Gasteiger partial charge in [-0.3, -0.25) is 18.6 Å². The molecular formula is C39H27F2N3Pt. The topological polar surface area (TPSA) is 30.1 Å². The predicted octanol–water partition coefficient (Wildman–Crippen LogP) is 9.28. The molecule has 6 heteroatoms. The van der Waals surface area contributed by atoms with Crippen LogP contribution in [0.5, 0.6) is 0 Å². The minimum absolute atomic E-state index is 0. The molecule has 2 aromatic heterocycles. The second-order valence-corrected chi connectivity index (χ2v) is 11.0. The molecule has 0 spiro atoms. The van der Waals surface area contributed by atoms with Crippen LogP contribution in [0.1, 0.15) is 47.6 Å². The van der Waals surface area contributed by atoms with Crippen molar-refractivity contribution < 1.29 is 29.8 Å². The first-order valence-electron chi connectivity index (χ1n) is 14.2. The molecule has 0 radical (unpaired) electrons. The number of hydrogen-bond donors (Lipinski definition) is 0. The number of pyridine rings is 2. The zero-order chi connectivity index (χ0) is 30.7. The summed E-state index contributed by atoms with van der Waals surface area (Å²) >= 11 is 0. The number of halogens is 2. The van der Waals surface area contributed by atoms with E-state index in [0.717, 1.165) is 34.1 Å². The van der Waals surface area contributed by atoms with Crippen molar-refractivity contribution in [2.24, 2.45) is 0 Å². The maximum atomic E-state index is 15.1. The summed E-state index contributed by atoms with van der Waals surface area (Å²) in [5.41, 5.74) is 3.32. The minimum atomic E-state index is -0.975. The number of hydrogen-bond acceptors (Lipinski definition) is 2. The Kier molecular flexibility index (Phi) is 9.18. The van der Waals surface area contributed by atoms with Crippen LogP contribution in [0.3, 0.4) is 0 Å². The van der Waals surface area contributed by atoms with Crippen molar-refractivity contribution in [3.8, 4) is 11.3 Å². The van der Waals surface area contributed by atoms with E-state index in [1.54, 1.807) is 12.1 Å². The Morgan fingerprint density at radius 3 is 1.84 bits per heavy atom. The number of aromatic nitrogens is 2. The third kappa shape index (κ3) is 5.63. The molecular weight excluding hydrogens is 744 g/mol. The Hall–Kier alpha value is -4.78. The van der Waals surface area contributed by atoms with Crippen molar-refractivity contribution in [3.63, 3.8) is 0 Å². The summed E-state index contributed by atoms with van der Waals surface area (Å²) in [5, 5.41) is 0. The Morgan fingerprint density at radius 2 is 1.24 bits per heavy atom. The van der Waals surface area contributed by atoms with Crippen LogP contribution in [0, 0.1) is 30.3 Å². The zero-order valence-electron chi connectivity index (χ0n) is 24.5. The molecule has 6 aromatic rings. The van der Waals surface area contributed by atoms with Gasteiger partial charge in [0.05, 0.1) is 23.4 Å². The van der Waals surface area contributed by atoms with Crippen molar-refractivity contribution in [2.75, 3.05) is 0 Å². The van der Waals surface area contributed by atoms with Gasteiger partial charge in [0.1, 0.15) is 0 Å². The molecule has 0 fully saturated rings. The summed E-state index contributed by atoms with van der Waals surface area (Å²) in [7, 11) is 0. The van der Waals surface area contributed by atoms with Gasteiger partial charge in [-0.15, -0.1) is 23.3 Å². The van der Waals surface area contributed by atoms with Crippen LogP contribution in [0.2, 0.25) is 0 Å². The van der Waals surface area contributed by atoms with E-state index in [1.807, 2.05) is 92.7 Å². The molecule has 0 aliphatic carbocycles. The molecule has 6 rings (SSSR count). The quantitative estimate of drug-likeness (QED) is 0.120. The van der Waals surface area contributed by atoms with Crippen molar-refractivity contribution >= 4 is 5.69 Å². The molecule has 0 saturated heterocycles. The molecule has 0 aliphatic rings. The van der Waals surface area contributed by atoms with E-state index in [0.29, 0.717) is 5.69 Å². The average Bonchev–Trinajstić information content (AvgIpc) is 3.07. The Labute approximate surface area is 276 Å². The molecule has 0 atom stereocenters. The molecule has 45 heavy (non-hydrogen) atoms. The maximum Gasteiger partial charge on any atom is 2.00 e. The first-order valence-corrected chi connectivity index (χ1v) is 14.2. The summed E-state index contributed by atoms with van der Waals surface area (Å²) in [6, 6.07) is 46.9. The van der Waals surface area contributed by atoms with Crippen molar-refractivity contribution in [3.05, 3.63) is 196 Å². The van der Waals surface area contributed by atoms with Gasteiger partial charge in [-0.1, -0.05) is 78.9 Å². The van der Waals surface area contributed by atoms with E-state index >= 15 is 4.39 Å². The molecule has 0 amide bonds. The fourth-order valence-electron chi connectivity index (χ4n) is 5.74. The third-order valence-corrected chi connectivity index (χ3v) is 8.05. The van der Waals surface area contributed by atoms with E-state index in [9.17, 15) is 4.39 Å². The molecule has 4 aromatic carbocycles. The molecule has 3 nitrogen and oxygen atoms in total. The first kappa shape index (κ1) is 31.6. The van der Waals surface area contributed by atoms with Crippen LogP contribution in [0.15, 0.2) is 127 Å². The first-order chi connectivity index (χ1) is 21.4. The fraction of sp³-hybridized carbons (Fsp3) is 0.103. The second kappa shape index (κ2) is 13.1. The molecule has 0 N–H and O–H groups in total. The van der Waals surface area contributed by atoms with Gasteiger partial charge in [-0.05, 0) is 48.9 Å². The summed E-state index contributed by atoms with van der Waals surface area (Å²) in [4.78, 5) is 13.2. The van der Waals surface area contributed by atoms with Gasteiger partial charge in [0, 0.05) is 22.7 Å². The SMILES string of the molecule is [C-]#[N+]c1c(F)c[c-]c(-c2cccc(C(C)(C)c3cccc(C(c4[c-]cccc4)(c4ccccc4)c4ccccc4)n3)n2)c1F.[Pt+2]. The van der Waals surface area contributed by atoms with Gasteiger partial charge < -0.3 is 4.98 Å². The van der Waals surface area contributed by atoms with Gasteiger partial charge in [0.2, 0.25) is 0 Å². The van der Waals surface area contributed by atoms with Crippen LogP contribution in [-0.4, -0.2) is 9.97 Å². The van der Waals surface area contributed by atoms with Crippen LogP contribution >= 0.6 is 0 Å². The summed E-state index contributed by atoms with van der Waals surface area (Å²) in [6.45, 7) is 11.2. The Bertz CT molecular complexity index is 1880. The smallest absolute Gasteiger partial charge is 0.300 e. The standard InChI is InChI=1S/C39H27F2N3.Pt/c1-38(2,33-22-13-21-32(43-33)30-25-26-31(40)37(42-3)36(30)41)34-23-14-24-35(44-34)39(27-15-7-4-8-16-27,28-17-9-5-10-18-28)29-19-11-6-12-20-29;/h4-19,21-24,26H,1-2H3;/q-2;+2. The van der Waals surface area contributed by atoms with Gasteiger partial charge >= 0.3 is 21.1 Å². The molecule has 0 saturated carbocycles. The van der Waals surface area contributed by atoms with E-state index < -0.39 is 28.2 Å². The monoisotopic (exact) mass is 770 g/mol. The molecule has 0 unspecified atom stereocenters. The number of benzene rings is 4. The second-order valence-electron chi connectivity index (χ2n) is 11.0. The van der Waals surface area contributed by atoms with E-state index in [1.165, 1.54) is 0 Å². The van der Waals surface area contributed by atoms with Gasteiger partial charge in [-0.25, -0.2) is 0 Å². The largest absolute Gasteiger partial charge is 2.00 e. The molecule has 0 bridgehead atoms. The van der Waals surface area contributed by atoms with Crippen molar-refractivity contribution in [2.45, 2.75) is 24.7 Å². The number of rotatable bonds is 7. The van der Waals surface area contributed by atoms with Crippen LogP contribution < -0.4 is 0 Å². The Morgan fingerprint density at radius 1 is 0.667 bits per heavy atom. The molecule has 2 heterocycles. The third-order valence-electron chi connectivity index (χ3n) is 8.05. The van der Waals surface area contributed by atoms with Crippen molar-refractivity contribution in [1.82, 2.24) is 9.97 Å². The summed E-state index contributed by atoms with van der Waals surface area (Å²) < 4.78 is 29.1. The number of nitrogens with zero attached hydrogens (tertiary/aromatic N) is 3. The Balaban J connectivity index is 0.00000400. The maximum absolute atomic E-state index is 15.1. The summed E-state index contributed by atoms with van der Waals surface area (Å²) in [6.07, 6.45) is 0. The van der Waals surface area contributed by atoms with Gasteiger partial charge in [0.15, 0.2) is 5.69 Å². The van der Waals surface area contributed by atoms with Gasteiger partial charge in [-0.2, -0.15) is 30.3 Å². The van der Waals surface area contributed by atoms with Crippen LogP contribution in [-0.2, 0) is 31.9 Å². The van der Waals surface area contributed by atoms with Crippen LogP contribution in [0.4, 0.5) is 14.5 Å². The van der Waals surface area contributed by atoms with E-state index in [2.05, 4.69) is 47.3 Å². The average molecular weight is 771 g/mol. The van der Waals surface area contributed by atoms with Gasteiger partial charge in [0.25, 0.3) is 0 Å². The zero-order valence-corrected chi connectivity index (χ0v) is 26.8. The predicted molar refractivity (Wildman–Crippen MR) is 168 cm³/mol. The molecule has 0 aliphatic heterocycles.